The molecule has 0 spiro atoms. The number of likely N-dealkylation sites (N-methyl/N-ethyl adjacent to an activating group) is 1. The topological polar surface area (TPSA) is 89.0 Å². The van der Waals surface area contributed by atoms with Crippen LogP contribution in [0, 0.1) is 5.41 Å². The molecule has 1 unspecified atom stereocenters. The molecule has 2 aliphatic rings. The number of Topliss-reactive ketones (excluding diaryl/α,β-unsaturated/α-hetero) is 1. The van der Waals surface area contributed by atoms with Crippen molar-refractivity contribution in [2.75, 3.05) is 18.5 Å². The number of ketones is 1. The number of benzene rings is 1. The second-order valence-electron chi connectivity index (χ2n) is 7.98. The number of hydrogen-bond donors (Lipinski definition) is 0. The number of carbonyl (C=O) groups is 3. The molecule has 1 saturated heterocycles. The van der Waals surface area contributed by atoms with Gasteiger partial charge in [0.25, 0.3) is 0 Å². The van der Waals surface area contributed by atoms with Gasteiger partial charge in [0.05, 0.1) is 17.1 Å². The average Bonchev–Trinajstić information content (AvgIpc) is 3.15. The van der Waals surface area contributed by atoms with Crippen LogP contribution in [-0.4, -0.2) is 47.7 Å². The van der Waals surface area contributed by atoms with Gasteiger partial charge in [-0.1, -0.05) is 43.4 Å². The minimum Gasteiger partial charge on any atom is -0.407 e. The third-order valence-corrected chi connectivity index (χ3v) is 6.00. The molecule has 1 fully saturated rings. The van der Waals surface area contributed by atoms with E-state index in [9.17, 15) is 14.4 Å². The number of amides is 2. The summed E-state index contributed by atoms with van der Waals surface area (Å²) in [5.41, 5.74) is 0.524. The van der Waals surface area contributed by atoms with Crippen LogP contribution in [0.2, 0.25) is 0 Å². The number of anilines is 1. The van der Waals surface area contributed by atoms with Crippen LogP contribution in [0.15, 0.2) is 30.3 Å². The lowest BCUT2D eigenvalue weighted by Gasteiger charge is -2.26. The Morgan fingerprint density at radius 2 is 1.93 bits per heavy atom. The molecule has 1 aromatic heterocycles. The zero-order valence-electron chi connectivity index (χ0n) is 16.4. The summed E-state index contributed by atoms with van der Waals surface area (Å²) in [4.78, 5) is 45.3. The average molecular weight is 415 g/mol. The predicted molar refractivity (Wildman–Crippen MR) is 106 cm³/mol. The highest BCUT2D eigenvalue weighted by Crippen LogP contribution is 2.40. The summed E-state index contributed by atoms with van der Waals surface area (Å²) < 4.78 is 10.6. The maximum Gasteiger partial charge on any atom is 0.515 e. The van der Waals surface area contributed by atoms with Crippen LogP contribution in [-0.2, 0) is 11.2 Å². The predicted octanol–water partition coefficient (Wildman–Crippen LogP) is 3.71. The van der Waals surface area contributed by atoms with Crippen LogP contribution in [0.5, 0.6) is 5.75 Å². The van der Waals surface area contributed by atoms with Gasteiger partial charge in [0.1, 0.15) is 5.75 Å². The first kappa shape index (κ1) is 19.4. The monoisotopic (exact) mass is 415 g/mol. The van der Waals surface area contributed by atoms with Crippen LogP contribution < -0.4 is 9.64 Å². The molecular weight excluding hydrogens is 394 g/mol. The number of urea groups is 1. The Morgan fingerprint density at radius 3 is 2.66 bits per heavy atom. The molecule has 8 nitrogen and oxygen atoms in total. The van der Waals surface area contributed by atoms with Crippen molar-refractivity contribution in [1.29, 1.82) is 0 Å². The lowest BCUT2D eigenvalue weighted by Crippen LogP contribution is -2.38. The zero-order chi connectivity index (χ0) is 20.8. The molecule has 1 atom stereocenters. The number of rotatable bonds is 3. The maximum atomic E-state index is 12.7. The number of nitrogens with zero attached hydrogens (tertiary/aromatic N) is 3. The number of hydrogen-bond acceptors (Lipinski definition) is 7. The van der Waals surface area contributed by atoms with Crippen molar-refractivity contribution in [1.82, 2.24) is 9.88 Å². The molecule has 4 rings (SSSR count). The van der Waals surface area contributed by atoms with Gasteiger partial charge < -0.3 is 14.4 Å². The van der Waals surface area contributed by atoms with Crippen molar-refractivity contribution in [3.05, 3.63) is 40.9 Å². The summed E-state index contributed by atoms with van der Waals surface area (Å²) in [5, 5.41) is 0.355. The van der Waals surface area contributed by atoms with Gasteiger partial charge in [0, 0.05) is 13.5 Å². The van der Waals surface area contributed by atoms with Crippen LogP contribution in [0.25, 0.3) is 0 Å². The molecule has 0 bridgehead atoms. The highest BCUT2D eigenvalue weighted by atomic mass is 32.1. The van der Waals surface area contributed by atoms with Gasteiger partial charge in [-0.15, -0.1) is 0 Å². The summed E-state index contributed by atoms with van der Waals surface area (Å²) in [5.74, 6) is 0.375. The molecule has 2 heterocycles. The van der Waals surface area contributed by atoms with E-state index in [-0.39, 0.29) is 23.8 Å². The molecule has 152 valence electrons. The van der Waals surface area contributed by atoms with Crippen molar-refractivity contribution in [2.24, 2.45) is 5.41 Å². The Morgan fingerprint density at radius 1 is 1.21 bits per heavy atom. The number of carbonyl (C=O) groups excluding carboxylic acids is 3. The van der Waals surface area contributed by atoms with Crippen molar-refractivity contribution >= 4 is 34.4 Å². The minimum absolute atomic E-state index is 0.0287. The van der Waals surface area contributed by atoms with Crippen molar-refractivity contribution < 1.29 is 23.9 Å². The lowest BCUT2D eigenvalue weighted by molar-refractivity contribution is 0.0634. The van der Waals surface area contributed by atoms with Gasteiger partial charge in [0.15, 0.2) is 10.9 Å². The van der Waals surface area contributed by atoms with Gasteiger partial charge in [-0.3, -0.25) is 4.79 Å². The number of ether oxygens (including phenoxy) is 2. The molecule has 0 saturated carbocycles. The fourth-order valence-corrected chi connectivity index (χ4v) is 4.58. The van der Waals surface area contributed by atoms with Crippen molar-refractivity contribution in [3.8, 4) is 5.75 Å². The highest BCUT2D eigenvalue weighted by Gasteiger charge is 2.43. The van der Waals surface area contributed by atoms with E-state index >= 15 is 0 Å². The lowest BCUT2D eigenvalue weighted by atomic mass is 9.78. The van der Waals surface area contributed by atoms with E-state index in [4.69, 9.17) is 9.47 Å². The van der Waals surface area contributed by atoms with E-state index in [1.165, 1.54) is 21.1 Å². The van der Waals surface area contributed by atoms with Crippen molar-refractivity contribution in [3.63, 3.8) is 0 Å². The molecule has 9 heteroatoms. The van der Waals surface area contributed by atoms with E-state index in [2.05, 4.69) is 4.98 Å². The molecule has 1 aliphatic heterocycles. The number of aromatic nitrogens is 1. The Labute approximate surface area is 172 Å². The van der Waals surface area contributed by atoms with Gasteiger partial charge in [-0.25, -0.2) is 19.5 Å². The molecular formula is C20H21N3O5S. The van der Waals surface area contributed by atoms with Crippen molar-refractivity contribution in [2.45, 2.75) is 32.9 Å². The van der Waals surface area contributed by atoms with E-state index in [0.29, 0.717) is 34.3 Å². The molecule has 0 N–H and O–H groups in total. The first-order chi connectivity index (χ1) is 13.7. The first-order valence-corrected chi connectivity index (χ1v) is 10.1. The van der Waals surface area contributed by atoms with Gasteiger partial charge >= 0.3 is 12.2 Å². The van der Waals surface area contributed by atoms with Crippen LogP contribution in [0.1, 0.15) is 35.6 Å². The molecule has 1 aromatic carbocycles. The van der Waals surface area contributed by atoms with Gasteiger partial charge in [0.2, 0.25) is 6.23 Å². The molecule has 2 amide bonds. The minimum atomic E-state index is -0.909. The van der Waals surface area contributed by atoms with Gasteiger partial charge in [-0.2, -0.15) is 0 Å². The molecule has 2 aromatic rings. The molecule has 0 radical (unpaired) electrons. The SMILES string of the molecule is CN1CC(OC(=O)Oc2ccccc2)N(c2nc3c(s2)C(=O)CC(C)(C)C3)C1=O. The Bertz CT molecular complexity index is 972. The molecule has 1 aliphatic carbocycles. The zero-order valence-corrected chi connectivity index (χ0v) is 17.2. The van der Waals surface area contributed by atoms with E-state index < -0.39 is 12.4 Å². The number of fused-ring (bicyclic) bond motifs is 1. The second-order valence-corrected chi connectivity index (χ2v) is 8.96. The summed E-state index contributed by atoms with van der Waals surface area (Å²) in [7, 11) is 1.61. The largest absolute Gasteiger partial charge is 0.515 e. The summed E-state index contributed by atoms with van der Waals surface area (Å²) in [6.45, 7) is 4.21. The second kappa shape index (κ2) is 7.14. The third kappa shape index (κ3) is 3.82. The van der Waals surface area contributed by atoms with E-state index in [1.807, 2.05) is 13.8 Å². The van der Waals surface area contributed by atoms with Crippen LogP contribution in [0.3, 0.4) is 0 Å². The summed E-state index contributed by atoms with van der Waals surface area (Å²) >= 11 is 1.17. The Kier molecular flexibility index (Phi) is 4.77. The smallest absolute Gasteiger partial charge is 0.407 e. The number of para-hydroxylation sites is 1. The fourth-order valence-electron chi connectivity index (χ4n) is 3.53. The first-order valence-electron chi connectivity index (χ1n) is 9.24. The van der Waals surface area contributed by atoms with E-state index in [1.54, 1.807) is 37.4 Å². The Balaban J connectivity index is 1.56. The Hall–Kier alpha value is -2.94. The number of thiazole rings is 1. The molecule has 29 heavy (non-hydrogen) atoms. The summed E-state index contributed by atoms with van der Waals surface area (Å²) in [6.07, 6.45) is -0.699. The quantitative estimate of drug-likeness (QED) is 0.561. The standard InChI is InChI=1S/C20H21N3O5S/c1-20(2)9-13-16(14(24)10-20)29-17(21-13)23-15(11-22(3)18(23)25)28-19(26)27-12-7-5-4-6-8-12/h4-8,15H,9-11H2,1-3H3. The summed E-state index contributed by atoms with van der Waals surface area (Å²) in [6, 6.07) is 8.19. The van der Waals surface area contributed by atoms with Crippen LogP contribution in [0.4, 0.5) is 14.7 Å². The normalized spacial score (nSPS) is 20.6. The maximum absolute atomic E-state index is 12.7. The third-order valence-electron chi connectivity index (χ3n) is 4.86. The van der Waals surface area contributed by atoms with Gasteiger partial charge in [-0.05, 0) is 24.0 Å². The highest BCUT2D eigenvalue weighted by molar-refractivity contribution is 7.17. The fraction of sp³-hybridized carbons (Fsp3) is 0.400. The van der Waals surface area contributed by atoms with E-state index in [0.717, 1.165) is 0 Å². The van der Waals surface area contributed by atoms with Crippen LogP contribution >= 0.6 is 11.3 Å².